The Hall–Kier alpha value is -4.41. The Labute approximate surface area is 339 Å². The number of anilines is 4. The zero-order valence-corrected chi connectivity index (χ0v) is 35.6. The highest BCUT2D eigenvalue weighted by atomic mass is 35.5. The molecule has 0 N–H and O–H groups in total. The minimum absolute atomic E-state index is 0.00565. The maximum absolute atomic E-state index is 7.41. The molecule has 0 amide bonds. The lowest BCUT2D eigenvalue weighted by Crippen LogP contribution is -2.64. The standard InChI is InChI=1S/C51H54BClN2O/c1-11-12-22-51(10)30(3)36-25-33(50(7,8)9)26-40-46(36)55(51)42-28-34(53)27-41-44(42)52(40)39-20-19-35-38-24-32(49(4,5)6)18-21-43(38)56-48(35)47(39)54(41)45-29(2)23-37(45)31-16-14-13-15-17-31/h13-21,23,25-28,30,32H,11-12,22,24H2,1-10H3. The van der Waals surface area contributed by atoms with Crippen molar-refractivity contribution in [1.82, 2.24) is 0 Å². The van der Waals surface area contributed by atoms with E-state index in [0.29, 0.717) is 11.8 Å². The summed E-state index contributed by atoms with van der Waals surface area (Å²) in [6.45, 7) is 23.7. The van der Waals surface area contributed by atoms with Gasteiger partial charge in [0.25, 0.3) is 6.71 Å². The van der Waals surface area contributed by atoms with E-state index >= 15 is 0 Å². The Morgan fingerprint density at radius 1 is 0.929 bits per heavy atom. The highest BCUT2D eigenvalue weighted by molar-refractivity contribution is 7.00. The predicted molar refractivity (Wildman–Crippen MR) is 241 cm³/mol. The molecular weight excluding hydrogens is 703 g/mol. The molecule has 0 saturated carbocycles. The molecule has 3 atom stereocenters. The molecule has 0 bridgehead atoms. The zero-order chi connectivity index (χ0) is 39.2. The van der Waals surface area contributed by atoms with Gasteiger partial charge >= 0.3 is 0 Å². The first-order valence-electron chi connectivity index (χ1n) is 21.0. The van der Waals surface area contributed by atoms with Gasteiger partial charge in [-0.1, -0.05) is 141 Å². The van der Waals surface area contributed by atoms with Crippen molar-refractivity contribution in [2.75, 3.05) is 9.80 Å². The number of hydrogen-bond acceptors (Lipinski definition) is 3. The van der Waals surface area contributed by atoms with E-state index in [2.05, 4.69) is 164 Å². The molecule has 3 nitrogen and oxygen atoms in total. The average Bonchev–Trinajstić information content (AvgIpc) is 3.64. The van der Waals surface area contributed by atoms with Crippen molar-refractivity contribution in [2.45, 2.75) is 112 Å². The second kappa shape index (κ2) is 12.1. The summed E-state index contributed by atoms with van der Waals surface area (Å²) in [4.78, 5) is 5.30. The van der Waals surface area contributed by atoms with Gasteiger partial charge in [0.05, 0.1) is 11.4 Å². The lowest BCUT2D eigenvalue weighted by molar-refractivity contribution is 0.290. The summed E-state index contributed by atoms with van der Waals surface area (Å²) in [5.74, 6) is 1.78. The molecule has 1 aromatic heterocycles. The van der Waals surface area contributed by atoms with Crippen LogP contribution in [0.1, 0.15) is 122 Å². The first kappa shape index (κ1) is 36.0. The molecule has 5 aromatic rings. The van der Waals surface area contributed by atoms with Gasteiger partial charge in [-0.25, -0.2) is 0 Å². The van der Waals surface area contributed by atoms with Crippen LogP contribution in [0.4, 0.5) is 22.7 Å². The van der Waals surface area contributed by atoms with Gasteiger partial charge in [-0.05, 0) is 106 Å². The number of benzene rings is 4. The van der Waals surface area contributed by atoms with Crippen molar-refractivity contribution < 1.29 is 4.42 Å². The van der Waals surface area contributed by atoms with Gasteiger partial charge in [0.2, 0.25) is 0 Å². The van der Waals surface area contributed by atoms with Gasteiger partial charge in [0.15, 0.2) is 5.58 Å². The minimum atomic E-state index is -0.0984. The third-order valence-electron chi connectivity index (χ3n) is 14.2. The van der Waals surface area contributed by atoms with Crippen LogP contribution < -0.4 is 26.2 Å². The number of fused-ring (bicyclic) bond motifs is 8. The molecule has 2 aliphatic carbocycles. The third kappa shape index (κ3) is 4.90. The average molecular weight is 757 g/mol. The number of furan rings is 1. The van der Waals surface area contributed by atoms with Crippen molar-refractivity contribution in [1.29, 1.82) is 0 Å². The lowest BCUT2D eigenvalue weighted by atomic mass is 9.33. The first-order chi connectivity index (χ1) is 26.6. The molecule has 0 saturated heterocycles. The van der Waals surface area contributed by atoms with E-state index in [9.17, 15) is 0 Å². The van der Waals surface area contributed by atoms with Crippen LogP contribution in [-0.4, -0.2) is 12.3 Å². The Morgan fingerprint density at radius 2 is 1.68 bits per heavy atom. The maximum atomic E-state index is 7.41. The van der Waals surface area contributed by atoms with Crippen LogP contribution in [-0.2, 0) is 11.8 Å². The molecule has 284 valence electrons. The van der Waals surface area contributed by atoms with Crippen molar-refractivity contribution in [3.63, 3.8) is 0 Å². The summed E-state index contributed by atoms with van der Waals surface area (Å²) in [6, 6.07) is 25.3. The normalized spacial score (nSPS) is 21.9. The molecule has 5 heteroatoms. The van der Waals surface area contributed by atoms with Crippen molar-refractivity contribution in [2.24, 2.45) is 11.3 Å². The summed E-state index contributed by atoms with van der Waals surface area (Å²) in [5.41, 5.74) is 19.2. The maximum Gasteiger partial charge on any atom is 0.252 e. The van der Waals surface area contributed by atoms with Crippen LogP contribution in [0.3, 0.4) is 0 Å². The van der Waals surface area contributed by atoms with Crippen LogP contribution >= 0.6 is 11.6 Å². The smallest absolute Gasteiger partial charge is 0.252 e. The first-order valence-corrected chi connectivity index (χ1v) is 21.4. The third-order valence-corrected chi connectivity index (χ3v) is 14.5. The van der Waals surface area contributed by atoms with Crippen molar-refractivity contribution in [3.8, 4) is 0 Å². The summed E-state index contributed by atoms with van der Waals surface area (Å²) in [7, 11) is 0. The monoisotopic (exact) mass is 756 g/mol. The number of rotatable bonds is 5. The molecule has 4 heterocycles. The second-order valence-electron chi connectivity index (χ2n) is 19.7. The molecule has 3 aliphatic heterocycles. The van der Waals surface area contributed by atoms with Crippen LogP contribution in [0.25, 0.3) is 22.6 Å². The van der Waals surface area contributed by atoms with Crippen LogP contribution in [0.2, 0.25) is 5.02 Å². The quantitative estimate of drug-likeness (QED) is 0.167. The lowest BCUT2D eigenvalue weighted by Gasteiger charge is -2.49. The highest BCUT2D eigenvalue weighted by Crippen LogP contribution is 2.57. The topological polar surface area (TPSA) is 19.6 Å². The SMILES string of the molecule is CCCCC1(C)C(C)c2cc(C(C)(C)C)cc3c2N1c1cc(Cl)cc2c1B3c1ccc3c4c(oc3c1N2C1=C(c2ccccc2)C=C1C)C=CC(C(C)(C)C)C4. The molecule has 3 unspecified atom stereocenters. The van der Waals surface area contributed by atoms with Gasteiger partial charge in [0, 0.05) is 50.1 Å². The molecule has 4 aromatic carbocycles. The summed E-state index contributed by atoms with van der Waals surface area (Å²) in [5, 5.41) is 1.99. The summed E-state index contributed by atoms with van der Waals surface area (Å²) < 4.78 is 7.17. The number of nitrogens with zero attached hydrogens (tertiary/aromatic N) is 2. The second-order valence-corrected chi connectivity index (χ2v) is 20.2. The molecule has 56 heavy (non-hydrogen) atoms. The fraction of sp³-hybridized carbons (Fsp3) is 0.373. The Morgan fingerprint density at radius 3 is 2.38 bits per heavy atom. The van der Waals surface area contributed by atoms with Crippen molar-refractivity contribution in [3.05, 3.63) is 123 Å². The van der Waals surface area contributed by atoms with Crippen LogP contribution in [0.5, 0.6) is 0 Å². The molecule has 10 rings (SSSR count). The summed E-state index contributed by atoms with van der Waals surface area (Å²) >= 11 is 7.41. The predicted octanol–water partition coefficient (Wildman–Crippen LogP) is 12.5. The van der Waals surface area contributed by atoms with E-state index in [4.69, 9.17) is 16.0 Å². The van der Waals surface area contributed by atoms with Gasteiger partial charge in [-0.15, -0.1) is 0 Å². The molecule has 0 spiro atoms. The highest BCUT2D eigenvalue weighted by Gasteiger charge is 2.55. The van der Waals surface area contributed by atoms with E-state index in [1.54, 1.807) is 0 Å². The van der Waals surface area contributed by atoms with Crippen LogP contribution in [0, 0.1) is 11.3 Å². The van der Waals surface area contributed by atoms with Gasteiger partial charge < -0.3 is 14.2 Å². The molecular formula is C51H54BClN2O. The zero-order valence-electron chi connectivity index (χ0n) is 34.8. The number of unbranched alkanes of at least 4 members (excludes halogenated alkanes) is 1. The Balaban J connectivity index is 1.32. The van der Waals surface area contributed by atoms with E-state index in [1.807, 2.05) is 0 Å². The molecule has 0 radical (unpaired) electrons. The number of allylic oxidation sites excluding steroid dienone is 4. The largest absolute Gasteiger partial charge is 0.454 e. The summed E-state index contributed by atoms with van der Waals surface area (Å²) in [6.07, 6.45) is 11.4. The fourth-order valence-electron chi connectivity index (χ4n) is 10.8. The van der Waals surface area contributed by atoms with Gasteiger partial charge in [0.1, 0.15) is 5.76 Å². The molecule has 0 fully saturated rings. The van der Waals surface area contributed by atoms with E-state index in [-0.39, 0.29) is 23.1 Å². The van der Waals surface area contributed by atoms with E-state index < -0.39 is 0 Å². The van der Waals surface area contributed by atoms with E-state index in [1.165, 1.54) is 85.1 Å². The van der Waals surface area contributed by atoms with Crippen LogP contribution in [0.15, 0.2) is 94.6 Å². The van der Waals surface area contributed by atoms with Gasteiger partial charge in [-0.2, -0.15) is 0 Å². The van der Waals surface area contributed by atoms with Crippen molar-refractivity contribution >= 4 is 80.1 Å². The fourth-order valence-corrected chi connectivity index (χ4v) is 11.0. The van der Waals surface area contributed by atoms with E-state index in [0.717, 1.165) is 40.6 Å². The van der Waals surface area contributed by atoms with Gasteiger partial charge in [-0.3, -0.25) is 0 Å². The Bertz CT molecular complexity index is 2590. The number of hydrogen-bond donors (Lipinski definition) is 0. The molecule has 5 aliphatic rings. The minimum Gasteiger partial charge on any atom is -0.454 e. The Kier molecular flexibility index (Phi) is 7.74. The number of halogens is 1.